The molecule has 0 saturated heterocycles. The van der Waals surface area contributed by atoms with Crippen LogP contribution in [0.1, 0.15) is 32.5 Å². The molecule has 0 saturated carbocycles. The Morgan fingerprint density at radius 3 is 2.45 bits per heavy atom. The van der Waals surface area contributed by atoms with Crippen molar-refractivity contribution in [1.29, 1.82) is 0 Å². The number of rotatable bonds is 8. The summed E-state index contributed by atoms with van der Waals surface area (Å²) < 4.78 is 1.35. The van der Waals surface area contributed by atoms with E-state index >= 15 is 0 Å². The van der Waals surface area contributed by atoms with Gasteiger partial charge in [0.25, 0.3) is 0 Å². The molecule has 0 aromatic carbocycles. The molecule has 1 rings (SSSR count). The molecule has 9 nitrogen and oxygen atoms in total. The van der Waals surface area contributed by atoms with Crippen molar-refractivity contribution in [3.05, 3.63) is 22.1 Å². The fourth-order valence-electron chi connectivity index (χ4n) is 2.10. The van der Waals surface area contributed by atoms with Gasteiger partial charge in [0.15, 0.2) is 0 Å². The van der Waals surface area contributed by atoms with E-state index in [1.807, 2.05) is 0 Å². The van der Waals surface area contributed by atoms with Gasteiger partial charge in [-0.1, -0.05) is 13.8 Å². The second-order valence-electron chi connectivity index (χ2n) is 5.10. The minimum Gasteiger partial charge on any atom is -0.481 e. The van der Waals surface area contributed by atoms with E-state index in [9.17, 15) is 24.8 Å². The summed E-state index contributed by atoms with van der Waals surface area (Å²) in [7, 11) is 0. The minimum atomic E-state index is -0.994. The summed E-state index contributed by atoms with van der Waals surface area (Å²) in [5, 5.41) is 22.5. The molecule has 0 spiro atoms. The third kappa shape index (κ3) is 3.80. The topological polar surface area (TPSA) is 127 Å². The molecular weight excluding hydrogens is 292 g/mol. The molecule has 22 heavy (non-hydrogen) atoms. The first-order chi connectivity index (χ1) is 10.3. The maximum atomic E-state index is 11.9. The Labute approximate surface area is 127 Å². The predicted octanol–water partition coefficient (Wildman–Crippen LogP) is 1.11. The average Bonchev–Trinajstić information content (AvgIpc) is 2.82. The molecule has 0 atom stereocenters. The molecule has 0 aliphatic heterocycles. The number of hydrogen-bond donors (Lipinski definition) is 2. The van der Waals surface area contributed by atoms with E-state index in [1.165, 1.54) is 10.8 Å². The van der Waals surface area contributed by atoms with Gasteiger partial charge in [-0.15, -0.1) is 0 Å². The van der Waals surface area contributed by atoms with Crippen molar-refractivity contribution in [3.8, 4) is 0 Å². The first-order valence-corrected chi connectivity index (χ1v) is 6.94. The van der Waals surface area contributed by atoms with Crippen molar-refractivity contribution in [2.75, 3.05) is 6.54 Å². The van der Waals surface area contributed by atoms with Crippen molar-refractivity contribution < 1.29 is 19.6 Å². The lowest BCUT2D eigenvalue weighted by molar-refractivity contribution is -0.389. The van der Waals surface area contributed by atoms with Crippen LogP contribution in [0, 0.1) is 22.5 Å². The normalized spacial score (nSPS) is 11.2. The van der Waals surface area contributed by atoms with Crippen LogP contribution in [0.2, 0.25) is 0 Å². The van der Waals surface area contributed by atoms with E-state index in [-0.39, 0.29) is 18.9 Å². The molecule has 1 aromatic heterocycles. The Hall–Kier alpha value is -2.45. The molecule has 0 bridgehead atoms. The Morgan fingerprint density at radius 1 is 1.45 bits per heavy atom. The highest BCUT2D eigenvalue weighted by molar-refractivity contribution is 5.79. The number of nitrogens with zero attached hydrogens (tertiary/aromatic N) is 3. The molecule has 122 valence electrons. The number of aryl methyl sites for hydroxylation is 1. The predicted molar refractivity (Wildman–Crippen MR) is 77.3 cm³/mol. The minimum absolute atomic E-state index is 0.0179. The van der Waals surface area contributed by atoms with E-state index in [0.29, 0.717) is 18.7 Å². The van der Waals surface area contributed by atoms with Crippen molar-refractivity contribution in [2.45, 2.75) is 40.2 Å². The lowest BCUT2D eigenvalue weighted by Crippen LogP contribution is -2.43. The van der Waals surface area contributed by atoms with Crippen LogP contribution in [-0.2, 0) is 16.1 Å². The molecule has 1 heterocycles. The molecule has 2 N–H and O–H groups in total. The third-order valence-corrected chi connectivity index (χ3v) is 3.90. The number of carboxylic acid groups (broad SMARTS) is 1. The van der Waals surface area contributed by atoms with Gasteiger partial charge in [-0.25, -0.2) is 0 Å². The first kappa shape index (κ1) is 17.6. The van der Waals surface area contributed by atoms with Crippen LogP contribution in [0.4, 0.5) is 5.82 Å². The number of amides is 1. The number of aromatic nitrogens is 2. The summed E-state index contributed by atoms with van der Waals surface area (Å²) >= 11 is 0. The zero-order valence-corrected chi connectivity index (χ0v) is 12.8. The number of aliphatic carboxylic acids is 1. The lowest BCUT2D eigenvalue weighted by Gasteiger charge is -2.26. The molecule has 0 unspecified atom stereocenters. The number of nitrogens with one attached hydrogen (secondary N) is 1. The third-order valence-electron chi connectivity index (χ3n) is 3.90. The second kappa shape index (κ2) is 7.01. The summed E-state index contributed by atoms with van der Waals surface area (Å²) in [5.74, 6) is -1.35. The van der Waals surface area contributed by atoms with Crippen LogP contribution in [0.5, 0.6) is 0 Å². The molecule has 1 amide bonds. The standard InChI is InChI=1S/C13H20N4O5/c1-4-13(5-2,12(19)20)8-14-11(18)7-16-6-10(17(21)22)15-9(16)3/h6H,4-5,7-8H2,1-3H3,(H,14,18)(H,19,20). The van der Waals surface area contributed by atoms with E-state index in [0.717, 1.165) is 0 Å². The molecule has 0 fully saturated rings. The van der Waals surface area contributed by atoms with E-state index < -0.39 is 22.2 Å². The highest BCUT2D eigenvalue weighted by Gasteiger charge is 2.35. The SMILES string of the molecule is CCC(CC)(CNC(=O)Cn1cc([N+](=O)[O-])nc1C)C(=O)O. The second-order valence-corrected chi connectivity index (χ2v) is 5.10. The molecule has 0 aliphatic rings. The highest BCUT2D eigenvalue weighted by Crippen LogP contribution is 2.25. The van der Waals surface area contributed by atoms with Gasteiger partial charge in [-0.05, 0) is 22.7 Å². The molecule has 1 aromatic rings. The van der Waals surface area contributed by atoms with Crippen molar-refractivity contribution in [3.63, 3.8) is 0 Å². The monoisotopic (exact) mass is 312 g/mol. The van der Waals surface area contributed by atoms with Crippen molar-refractivity contribution >= 4 is 17.7 Å². The Balaban J connectivity index is 2.71. The quantitative estimate of drug-likeness (QED) is 0.546. The van der Waals surface area contributed by atoms with Gasteiger partial charge in [0, 0.05) is 13.5 Å². The number of carbonyl (C=O) groups is 2. The zero-order chi connectivity index (χ0) is 16.9. The van der Waals surface area contributed by atoms with E-state index in [4.69, 9.17) is 0 Å². The van der Waals surface area contributed by atoms with Crippen LogP contribution in [0.15, 0.2) is 6.20 Å². The van der Waals surface area contributed by atoms with Crippen molar-refractivity contribution in [1.82, 2.24) is 14.9 Å². The van der Waals surface area contributed by atoms with Crippen LogP contribution < -0.4 is 5.32 Å². The number of hydrogen-bond acceptors (Lipinski definition) is 5. The van der Waals surface area contributed by atoms with Crippen LogP contribution in [0.25, 0.3) is 0 Å². The molecule has 0 radical (unpaired) electrons. The number of carboxylic acids is 1. The fourth-order valence-corrected chi connectivity index (χ4v) is 2.10. The van der Waals surface area contributed by atoms with Gasteiger partial charge in [-0.3, -0.25) is 14.2 Å². The Kier molecular flexibility index (Phi) is 5.61. The highest BCUT2D eigenvalue weighted by atomic mass is 16.6. The number of nitro groups is 1. The van der Waals surface area contributed by atoms with Gasteiger partial charge in [0.05, 0.1) is 5.41 Å². The van der Waals surface area contributed by atoms with E-state index in [2.05, 4.69) is 10.3 Å². The van der Waals surface area contributed by atoms with Crippen LogP contribution >= 0.6 is 0 Å². The summed E-state index contributed by atoms with van der Waals surface area (Å²) in [6.45, 7) is 4.94. The van der Waals surface area contributed by atoms with Gasteiger partial charge < -0.3 is 20.5 Å². The summed E-state index contributed by atoms with van der Waals surface area (Å²) in [5.41, 5.74) is -0.994. The Morgan fingerprint density at radius 2 is 2.05 bits per heavy atom. The number of imidazole rings is 1. The smallest absolute Gasteiger partial charge is 0.381 e. The largest absolute Gasteiger partial charge is 0.481 e. The number of carbonyl (C=O) groups excluding carboxylic acids is 1. The van der Waals surface area contributed by atoms with E-state index in [1.54, 1.807) is 20.8 Å². The van der Waals surface area contributed by atoms with Gasteiger partial charge in [0.1, 0.15) is 12.7 Å². The first-order valence-electron chi connectivity index (χ1n) is 6.94. The van der Waals surface area contributed by atoms with Crippen molar-refractivity contribution in [2.24, 2.45) is 5.41 Å². The van der Waals surface area contributed by atoms with Crippen LogP contribution in [-0.4, -0.2) is 38.0 Å². The Bertz CT molecular complexity index is 577. The summed E-state index contributed by atoms with van der Waals surface area (Å²) in [6.07, 6.45) is 1.97. The maximum absolute atomic E-state index is 11.9. The fraction of sp³-hybridized carbons (Fsp3) is 0.615. The maximum Gasteiger partial charge on any atom is 0.381 e. The zero-order valence-electron chi connectivity index (χ0n) is 12.8. The average molecular weight is 312 g/mol. The van der Waals surface area contributed by atoms with Gasteiger partial charge >= 0.3 is 11.8 Å². The molecular formula is C13H20N4O5. The summed E-state index contributed by atoms with van der Waals surface area (Å²) in [6, 6.07) is 0. The summed E-state index contributed by atoms with van der Waals surface area (Å²) in [4.78, 5) is 37.0. The lowest BCUT2D eigenvalue weighted by atomic mass is 9.82. The van der Waals surface area contributed by atoms with Crippen LogP contribution in [0.3, 0.4) is 0 Å². The molecule has 0 aliphatic carbocycles. The molecule has 9 heteroatoms. The van der Waals surface area contributed by atoms with Gasteiger partial charge in [0.2, 0.25) is 11.7 Å². The van der Waals surface area contributed by atoms with Gasteiger partial charge in [-0.2, -0.15) is 0 Å².